The molecule has 0 spiro atoms. The Hall–Kier alpha value is -1.51. The van der Waals surface area contributed by atoms with Gasteiger partial charge in [0.2, 0.25) is 5.91 Å². The van der Waals surface area contributed by atoms with Crippen molar-refractivity contribution in [2.45, 2.75) is 40.0 Å². The van der Waals surface area contributed by atoms with Gasteiger partial charge in [-0.3, -0.25) is 9.79 Å². The van der Waals surface area contributed by atoms with Gasteiger partial charge in [-0.05, 0) is 37.5 Å². The van der Waals surface area contributed by atoms with Crippen LogP contribution in [0.1, 0.15) is 39.2 Å². The summed E-state index contributed by atoms with van der Waals surface area (Å²) in [5.74, 6) is 2.03. The summed E-state index contributed by atoms with van der Waals surface area (Å²) >= 11 is 0. The van der Waals surface area contributed by atoms with E-state index in [1.165, 1.54) is 5.56 Å². The smallest absolute Gasteiger partial charge is 0.219 e. The number of carbonyl (C=O) groups excluding carboxylic acids is 1. The first-order valence-electron chi connectivity index (χ1n) is 10.1. The zero-order valence-corrected chi connectivity index (χ0v) is 19.8. The normalized spacial score (nSPS) is 14.5. The SMILES string of the molecule is CCCCOc1ccc(CCN=C(NCC)N2CCN(C(C)=O)CC2)cc1.I. The van der Waals surface area contributed by atoms with Crippen molar-refractivity contribution in [1.82, 2.24) is 15.1 Å². The average Bonchev–Trinajstić information content (AvgIpc) is 2.69. The standard InChI is InChI=1S/C21H34N4O2.HI/c1-4-6-17-27-20-9-7-19(8-10-20)11-12-23-21(22-5-2)25-15-13-24(14-16-25)18(3)26;/h7-10H,4-6,11-17H2,1-3H3,(H,22,23);1H. The number of hydrogen-bond acceptors (Lipinski definition) is 3. The van der Waals surface area contributed by atoms with E-state index in [1.807, 2.05) is 17.0 Å². The van der Waals surface area contributed by atoms with Crippen LogP contribution in [0.15, 0.2) is 29.3 Å². The Labute approximate surface area is 186 Å². The quantitative estimate of drug-likeness (QED) is 0.257. The summed E-state index contributed by atoms with van der Waals surface area (Å²) in [6, 6.07) is 8.33. The second-order valence-electron chi connectivity index (χ2n) is 6.82. The van der Waals surface area contributed by atoms with Crippen LogP contribution in [-0.4, -0.2) is 67.5 Å². The van der Waals surface area contributed by atoms with Crippen LogP contribution in [0.3, 0.4) is 0 Å². The number of piperazine rings is 1. The Morgan fingerprint density at radius 3 is 2.32 bits per heavy atom. The summed E-state index contributed by atoms with van der Waals surface area (Å²) in [6.07, 6.45) is 3.13. The number of amides is 1. The van der Waals surface area contributed by atoms with E-state index in [2.05, 4.69) is 36.2 Å². The third-order valence-corrected chi connectivity index (χ3v) is 4.71. The number of benzene rings is 1. The highest BCUT2D eigenvalue weighted by atomic mass is 127. The number of hydrogen-bond donors (Lipinski definition) is 1. The molecule has 1 fully saturated rings. The predicted octanol–water partition coefficient (Wildman–Crippen LogP) is 3.16. The van der Waals surface area contributed by atoms with Crippen molar-refractivity contribution in [1.29, 1.82) is 0 Å². The molecule has 1 amide bonds. The van der Waals surface area contributed by atoms with Crippen LogP contribution >= 0.6 is 24.0 Å². The number of rotatable bonds is 8. The highest BCUT2D eigenvalue weighted by Crippen LogP contribution is 2.13. The van der Waals surface area contributed by atoms with Gasteiger partial charge in [0, 0.05) is 46.2 Å². The zero-order chi connectivity index (χ0) is 19.5. The van der Waals surface area contributed by atoms with Crippen molar-refractivity contribution in [2.24, 2.45) is 4.99 Å². The van der Waals surface area contributed by atoms with Crippen molar-refractivity contribution in [3.63, 3.8) is 0 Å². The molecule has 1 aromatic rings. The fourth-order valence-electron chi connectivity index (χ4n) is 3.04. The highest BCUT2D eigenvalue weighted by molar-refractivity contribution is 14.0. The number of unbranched alkanes of at least 4 members (excludes halogenated alkanes) is 1. The number of nitrogens with zero attached hydrogens (tertiary/aromatic N) is 3. The molecular formula is C21H35IN4O2. The van der Waals surface area contributed by atoms with E-state index >= 15 is 0 Å². The maximum atomic E-state index is 11.5. The van der Waals surface area contributed by atoms with Gasteiger partial charge in [-0.25, -0.2) is 0 Å². The molecule has 1 aromatic carbocycles. The third-order valence-electron chi connectivity index (χ3n) is 4.71. The molecule has 1 saturated heterocycles. The molecule has 28 heavy (non-hydrogen) atoms. The summed E-state index contributed by atoms with van der Waals surface area (Å²) in [7, 11) is 0. The topological polar surface area (TPSA) is 57.2 Å². The fourth-order valence-corrected chi connectivity index (χ4v) is 3.04. The van der Waals surface area contributed by atoms with Gasteiger partial charge in [0.1, 0.15) is 5.75 Å². The number of aliphatic imine (C=N–C) groups is 1. The van der Waals surface area contributed by atoms with Crippen LogP contribution in [0.4, 0.5) is 0 Å². The molecule has 0 atom stereocenters. The van der Waals surface area contributed by atoms with Gasteiger partial charge >= 0.3 is 0 Å². The Balaban J connectivity index is 0.00000392. The van der Waals surface area contributed by atoms with Crippen molar-refractivity contribution < 1.29 is 9.53 Å². The average molecular weight is 502 g/mol. The Morgan fingerprint density at radius 1 is 1.11 bits per heavy atom. The second-order valence-corrected chi connectivity index (χ2v) is 6.82. The minimum atomic E-state index is 0. The fraction of sp³-hybridized carbons (Fsp3) is 0.619. The van der Waals surface area contributed by atoms with Gasteiger partial charge in [0.25, 0.3) is 0 Å². The first-order valence-corrected chi connectivity index (χ1v) is 10.1. The van der Waals surface area contributed by atoms with E-state index in [1.54, 1.807) is 6.92 Å². The van der Waals surface area contributed by atoms with E-state index in [9.17, 15) is 4.79 Å². The second kappa shape index (κ2) is 13.6. The summed E-state index contributed by atoms with van der Waals surface area (Å²) in [4.78, 5) is 20.4. The van der Waals surface area contributed by atoms with Crippen molar-refractivity contribution in [3.8, 4) is 5.75 Å². The molecule has 0 saturated carbocycles. The molecule has 0 aliphatic carbocycles. The minimum Gasteiger partial charge on any atom is -0.494 e. The van der Waals surface area contributed by atoms with Crippen LogP contribution in [0, 0.1) is 0 Å². The van der Waals surface area contributed by atoms with Gasteiger partial charge in [0.15, 0.2) is 5.96 Å². The molecule has 6 nitrogen and oxygen atoms in total. The molecule has 0 radical (unpaired) electrons. The molecule has 0 aromatic heterocycles. The maximum Gasteiger partial charge on any atom is 0.219 e. The summed E-state index contributed by atoms with van der Waals surface area (Å²) < 4.78 is 5.71. The third kappa shape index (κ3) is 8.24. The number of halogens is 1. The first-order chi connectivity index (χ1) is 13.1. The van der Waals surface area contributed by atoms with Gasteiger partial charge in [-0.2, -0.15) is 0 Å². The number of ether oxygens (including phenoxy) is 1. The highest BCUT2D eigenvalue weighted by Gasteiger charge is 2.20. The van der Waals surface area contributed by atoms with E-state index < -0.39 is 0 Å². The van der Waals surface area contributed by atoms with Crippen LogP contribution in [-0.2, 0) is 11.2 Å². The predicted molar refractivity (Wildman–Crippen MR) is 126 cm³/mol. The van der Waals surface area contributed by atoms with Gasteiger partial charge in [-0.15, -0.1) is 24.0 Å². The van der Waals surface area contributed by atoms with Crippen molar-refractivity contribution in [3.05, 3.63) is 29.8 Å². The lowest BCUT2D eigenvalue weighted by Gasteiger charge is -2.36. The maximum absolute atomic E-state index is 11.5. The van der Waals surface area contributed by atoms with Crippen molar-refractivity contribution >= 4 is 35.8 Å². The summed E-state index contributed by atoms with van der Waals surface area (Å²) in [5.41, 5.74) is 1.26. The van der Waals surface area contributed by atoms with E-state index in [-0.39, 0.29) is 29.9 Å². The van der Waals surface area contributed by atoms with Gasteiger partial charge < -0.3 is 19.9 Å². The number of carbonyl (C=O) groups is 1. The molecule has 1 aliphatic rings. The Bertz CT molecular complexity index is 599. The Morgan fingerprint density at radius 2 is 1.75 bits per heavy atom. The molecule has 1 aliphatic heterocycles. The summed E-state index contributed by atoms with van der Waals surface area (Å²) in [5, 5.41) is 3.37. The molecule has 1 heterocycles. The van der Waals surface area contributed by atoms with Crippen LogP contribution in [0.25, 0.3) is 0 Å². The lowest BCUT2D eigenvalue weighted by Crippen LogP contribution is -2.53. The lowest BCUT2D eigenvalue weighted by molar-refractivity contribution is -0.130. The minimum absolute atomic E-state index is 0. The van der Waals surface area contributed by atoms with Gasteiger partial charge in [0.05, 0.1) is 6.61 Å². The molecular weight excluding hydrogens is 467 g/mol. The molecule has 2 rings (SSSR count). The molecule has 0 unspecified atom stereocenters. The van der Waals surface area contributed by atoms with Gasteiger partial charge in [-0.1, -0.05) is 25.5 Å². The Kier molecular flexibility index (Phi) is 11.9. The molecule has 158 valence electrons. The zero-order valence-electron chi connectivity index (χ0n) is 17.4. The molecule has 7 heteroatoms. The van der Waals surface area contributed by atoms with Crippen LogP contribution < -0.4 is 10.1 Å². The largest absolute Gasteiger partial charge is 0.494 e. The molecule has 1 N–H and O–H groups in total. The summed E-state index contributed by atoms with van der Waals surface area (Å²) in [6.45, 7) is 11.4. The first kappa shape index (κ1) is 24.5. The number of nitrogens with one attached hydrogen (secondary N) is 1. The lowest BCUT2D eigenvalue weighted by atomic mass is 10.1. The molecule has 0 bridgehead atoms. The van der Waals surface area contributed by atoms with Crippen LogP contribution in [0.2, 0.25) is 0 Å². The van der Waals surface area contributed by atoms with Crippen LogP contribution in [0.5, 0.6) is 5.75 Å². The monoisotopic (exact) mass is 502 g/mol. The number of guanidine groups is 1. The van der Waals surface area contributed by atoms with Crippen molar-refractivity contribution in [2.75, 3.05) is 45.9 Å². The van der Waals surface area contributed by atoms with E-state index in [0.29, 0.717) is 0 Å². The van der Waals surface area contributed by atoms with E-state index in [0.717, 1.165) is 76.8 Å². The van der Waals surface area contributed by atoms with E-state index in [4.69, 9.17) is 9.73 Å².